The molecule has 0 spiro atoms. The van der Waals surface area contributed by atoms with Gasteiger partial charge in [0.1, 0.15) is 0 Å². The Kier molecular flexibility index (Phi) is 4.88. The first-order valence-electron chi connectivity index (χ1n) is 7.98. The van der Waals surface area contributed by atoms with Gasteiger partial charge < -0.3 is 10.6 Å². The lowest BCUT2D eigenvalue weighted by Crippen LogP contribution is -2.45. The number of rotatable bonds is 2. The monoisotopic (exact) mass is 266 g/mol. The SMILES string of the molecule is CC(C)(C)C1CCC(C(=O)NC2CCNCC2)CC1. The van der Waals surface area contributed by atoms with E-state index in [0.717, 1.165) is 44.7 Å². The molecule has 2 fully saturated rings. The Morgan fingerprint density at radius 1 is 1.00 bits per heavy atom. The van der Waals surface area contributed by atoms with Crippen molar-refractivity contribution in [3.8, 4) is 0 Å². The minimum Gasteiger partial charge on any atom is -0.353 e. The van der Waals surface area contributed by atoms with Gasteiger partial charge in [-0.05, 0) is 62.9 Å². The maximum absolute atomic E-state index is 12.3. The van der Waals surface area contributed by atoms with E-state index in [2.05, 4.69) is 31.4 Å². The maximum atomic E-state index is 12.3. The molecule has 2 N–H and O–H groups in total. The van der Waals surface area contributed by atoms with Gasteiger partial charge in [-0.15, -0.1) is 0 Å². The van der Waals surface area contributed by atoms with Crippen LogP contribution in [0.1, 0.15) is 59.3 Å². The smallest absolute Gasteiger partial charge is 0.223 e. The fourth-order valence-electron chi connectivity index (χ4n) is 3.51. The maximum Gasteiger partial charge on any atom is 0.223 e. The van der Waals surface area contributed by atoms with Gasteiger partial charge in [0.15, 0.2) is 0 Å². The van der Waals surface area contributed by atoms with Crippen LogP contribution < -0.4 is 10.6 Å². The van der Waals surface area contributed by atoms with Crippen LogP contribution in [0, 0.1) is 17.3 Å². The van der Waals surface area contributed by atoms with Crippen molar-refractivity contribution in [2.24, 2.45) is 17.3 Å². The van der Waals surface area contributed by atoms with Gasteiger partial charge in [0, 0.05) is 12.0 Å². The van der Waals surface area contributed by atoms with Crippen LogP contribution in [0.5, 0.6) is 0 Å². The zero-order valence-corrected chi connectivity index (χ0v) is 12.8. The molecule has 0 radical (unpaired) electrons. The topological polar surface area (TPSA) is 41.1 Å². The Morgan fingerprint density at radius 2 is 1.58 bits per heavy atom. The molecule has 2 rings (SSSR count). The van der Waals surface area contributed by atoms with Crippen LogP contribution in [0.2, 0.25) is 0 Å². The van der Waals surface area contributed by atoms with Crippen molar-refractivity contribution in [3.63, 3.8) is 0 Å². The van der Waals surface area contributed by atoms with Gasteiger partial charge in [-0.1, -0.05) is 20.8 Å². The first kappa shape index (κ1) is 14.8. The highest BCUT2D eigenvalue weighted by molar-refractivity contribution is 5.79. The lowest BCUT2D eigenvalue weighted by molar-refractivity contribution is -0.127. The Morgan fingerprint density at radius 3 is 2.11 bits per heavy atom. The lowest BCUT2D eigenvalue weighted by Gasteiger charge is -2.37. The number of carbonyl (C=O) groups excluding carboxylic acids is 1. The van der Waals surface area contributed by atoms with Crippen LogP contribution in [0.15, 0.2) is 0 Å². The van der Waals surface area contributed by atoms with Crippen molar-refractivity contribution in [1.29, 1.82) is 0 Å². The number of hydrogen-bond acceptors (Lipinski definition) is 2. The molecule has 1 saturated heterocycles. The van der Waals surface area contributed by atoms with E-state index >= 15 is 0 Å². The molecular formula is C16H30N2O. The number of nitrogens with one attached hydrogen (secondary N) is 2. The fraction of sp³-hybridized carbons (Fsp3) is 0.938. The van der Waals surface area contributed by atoms with Crippen LogP contribution in [0.4, 0.5) is 0 Å². The van der Waals surface area contributed by atoms with Crippen molar-refractivity contribution in [3.05, 3.63) is 0 Å². The number of carbonyl (C=O) groups is 1. The molecule has 3 nitrogen and oxygen atoms in total. The molecule has 1 aliphatic carbocycles. The van der Waals surface area contributed by atoms with E-state index in [1.54, 1.807) is 0 Å². The van der Waals surface area contributed by atoms with E-state index in [0.29, 0.717) is 17.4 Å². The standard InChI is InChI=1S/C16H30N2O/c1-16(2,3)13-6-4-12(5-7-13)15(19)18-14-8-10-17-11-9-14/h12-14,17H,4-11H2,1-3H3,(H,18,19). The highest BCUT2D eigenvalue weighted by Gasteiger charge is 2.32. The van der Waals surface area contributed by atoms with Crippen LogP contribution in [0.3, 0.4) is 0 Å². The molecule has 19 heavy (non-hydrogen) atoms. The quantitative estimate of drug-likeness (QED) is 0.807. The first-order chi connectivity index (χ1) is 8.97. The summed E-state index contributed by atoms with van der Waals surface area (Å²) >= 11 is 0. The molecule has 110 valence electrons. The zero-order chi connectivity index (χ0) is 13.9. The van der Waals surface area contributed by atoms with E-state index in [9.17, 15) is 4.79 Å². The summed E-state index contributed by atoms with van der Waals surface area (Å²) in [5, 5.41) is 6.60. The summed E-state index contributed by atoms with van der Waals surface area (Å²) in [6, 6.07) is 0.411. The third-order valence-corrected chi connectivity index (χ3v) is 5.01. The average Bonchev–Trinajstić information content (AvgIpc) is 2.39. The third kappa shape index (κ3) is 4.20. The predicted molar refractivity (Wildman–Crippen MR) is 78.9 cm³/mol. The second kappa shape index (κ2) is 6.25. The molecule has 0 unspecified atom stereocenters. The fourth-order valence-corrected chi connectivity index (χ4v) is 3.51. The van der Waals surface area contributed by atoms with Gasteiger partial charge >= 0.3 is 0 Å². The summed E-state index contributed by atoms with van der Waals surface area (Å²) in [7, 11) is 0. The Balaban J connectivity index is 1.76. The number of piperidine rings is 1. The number of amides is 1. The highest BCUT2D eigenvalue weighted by atomic mass is 16.1. The zero-order valence-electron chi connectivity index (χ0n) is 12.8. The molecule has 0 bridgehead atoms. The molecule has 1 aliphatic heterocycles. The summed E-state index contributed by atoms with van der Waals surface area (Å²) < 4.78 is 0. The van der Waals surface area contributed by atoms with Crippen molar-refractivity contribution in [2.75, 3.05) is 13.1 Å². The minimum absolute atomic E-state index is 0.272. The molecular weight excluding hydrogens is 236 g/mol. The molecule has 0 atom stereocenters. The number of hydrogen-bond donors (Lipinski definition) is 2. The average molecular weight is 266 g/mol. The van der Waals surface area contributed by atoms with Gasteiger partial charge in [-0.2, -0.15) is 0 Å². The van der Waals surface area contributed by atoms with Gasteiger partial charge in [-0.3, -0.25) is 4.79 Å². The summed E-state index contributed by atoms with van der Waals surface area (Å²) in [6.45, 7) is 9.07. The van der Waals surface area contributed by atoms with Crippen LogP contribution in [0.25, 0.3) is 0 Å². The van der Waals surface area contributed by atoms with E-state index < -0.39 is 0 Å². The molecule has 0 aromatic rings. The molecule has 1 amide bonds. The summed E-state index contributed by atoms with van der Waals surface area (Å²) in [4.78, 5) is 12.3. The van der Waals surface area contributed by atoms with Gasteiger partial charge in [0.2, 0.25) is 5.91 Å². The first-order valence-corrected chi connectivity index (χ1v) is 7.98. The van der Waals surface area contributed by atoms with E-state index in [1.807, 2.05) is 0 Å². The van der Waals surface area contributed by atoms with Gasteiger partial charge in [0.05, 0.1) is 0 Å². The lowest BCUT2D eigenvalue weighted by atomic mass is 9.69. The van der Waals surface area contributed by atoms with E-state index in [-0.39, 0.29) is 5.92 Å². The van der Waals surface area contributed by atoms with Crippen molar-refractivity contribution < 1.29 is 4.79 Å². The Bertz CT molecular complexity index is 294. The predicted octanol–water partition coefficient (Wildman–Crippen LogP) is 2.71. The highest BCUT2D eigenvalue weighted by Crippen LogP contribution is 2.39. The largest absolute Gasteiger partial charge is 0.353 e. The van der Waals surface area contributed by atoms with Gasteiger partial charge in [-0.25, -0.2) is 0 Å². The molecule has 0 aromatic heterocycles. The summed E-state index contributed by atoms with van der Waals surface area (Å²) in [5.74, 6) is 1.38. The normalized spacial score (nSPS) is 30.1. The molecule has 1 saturated carbocycles. The molecule has 3 heteroatoms. The second-order valence-electron chi connectivity index (χ2n) is 7.45. The van der Waals surface area contributed by atoms with E-state index in [4.69, 9.17) is 0 Å². The van der Waals surface area contributed by atoms with Crippen LogP contribution in [-0.4, -0.2) is 25.0 Å². The minimum atomic E-state index is 0.272. The summed E-state index contributed by atoms with van der Waals surface area (Å²) in [6.07, 6.45) is 6.77. The van der Waals surface area contributed by atoms with Crippen molar-refractivity contribution in [2.45, 2.75) is 65.3 Å². The van der Waals surface area contributed by atoms with Crippen molar-refractivity contribution in [1.82, 2.24) is 10.6 Å². The molecule has 2 aliphatic rings. The van der Waals surface area contributed by atoms with Crippen molar-refractivity contribution >= 4 is 5.91 Å². The Hall–Kier alpha value is -0.570. The van der Waals surface area contributed by atoms with Gasteiger partial charge in [0.25, 0.3) is 0 Å². The van der Waals surface area contributed by atoms with Crippen LogP contribution in [-0.2, 0) is 4.79 Å². The third-order valence-electron chi connectivity index (χ3n) is 5.01. The second-order valence-corrected chi connectivity index (χ2v) is 7.45. The molecule has 1 heterocycles. The van der Waals surface area contributed by atoms with Crippen LogP contribution >= 0.6 is 0 Å². The summed E-state index contributed by atoms with van der Waals surface area (Å²) in [5.41, 5.74) is 0.399. The van der Waals surface area contributed by atoms with E-state index in [1.165, 1.54) is 12.8 Å². The Labute approximate surface area is 117 Å². The molecule has 0 aromatic carbocycles.